The van der Waals surface area contributed by atoms with Gasteiger partial charge in [-0.25, -0.2) is 32.5 Å². The second-order valence-corrected chi connectivity index (χ2v) is 11.9. The highest BCUT2D eigenvalue weighted by atomic mass is 31.2. The highest BCUT2D eigenvalue weighted by molar-refractivity contribution is 7.48. The fourth-order valence-corrected chi connectivity index (χ4v) is 6.87. The Hall–Kier alpha value is -2.08. The molecule has 1 saturated heterocycles. The van der Waals surface area contributed by atoms with Gasteiger partial charge in [0.25, 0.3) is 0 Å². The van der Waals surface area contributed by atoms with Gasteiger partial charge in [0.05, 0.1) is 13.2 Å². The van der Waals surface area contributed by atoms with Gasteiger partial charge in [-0.2, -0.15) is 8.90 Å². The number of rotatable bonds is 12. The first-order valence-electron chi connectivity index (χ1n) is 12.2. The molecular formula is C22H38N10O3P2. The molecule has 3 heterocycles. The number of hydrogen-bond donors (Lipinski definition) is 0. The van der Waals surface area contributed by atoms with Crippen LogP contribution >= 0.6 is 16.9 Å². The molecule has 3 rings (SSSR count). The van der Waals surface area contributed by atoms with E-state index in [1.165, 1.54) is 0 Å². The van der Waals surface area contributed by atoms with Crippen LogP contribution in [0.25, 0.3) is 9.69 Å². The molecule has 0 radical (unpaired) electrons. The Bertz CT molecular complexity index is 989. The van der Waals surface area contributed by atoms with E-state index in [9.17, 15) is 0 Å². The molecule has 1 aliphatic heterocycles. The lowest BCUT2D eigenvalue weighted by molar-refractivity contribution is 0.0689. The Kier molecular flexibility index (Phi) is 14.1. The normalized spacial score (nSPS) is 15.8. The molecule has 2 aromatic rings. The number of morpholine rings is 1. The van der Waals surface area contributed by atoms with E-state index in [0.29, 0.717) is 51.6 Å². The Morgan fingerprint density at radius 1 is 0.919 bits per heavy atom. The van der Waals surface area contributed by atoms with Crippen molar-refractivity contribution in [3.8, 4) is 0 Å². The number of nitrogens with zero attached hydrogens (tertiary/aromatic N) is 10. The van der Waals surface area contributed by atoms with Gasteiger partial charge in [-0.3, -0.25) is 0 Å². The lowest BCUT2D eigenvalue weighted by Gasteiger charge is -2.35. The van der Waals surface area contributed by atoms with Crippen molar-refractivity contribution >= 4 is 16.9 Å². The number of aryl methyl sites for hydroxylation is 2. The van der Waals surface area contributed by atoms with Crippen LogP contribution in [0, 0.1) is 27.0 Å². The zero-order valence-electron chi connectivity index (χ0n) is 22.6. The third kappa shape index (κ3) is 10.3. The third-order valence-electron chi connectivity index (χ3n) is 4.85. The summed E-state index contributed by atoms with van der Waals surface area (Å²) in [4.78, 5) is 14.9. The summed E-state index contributed by atoms with van der Waals surface area (Å²) in [7, 11) is -2.07. The fourth-order valence-electron chi connectivity index (χ4n) is 3.39. The van der Waals surface area contributed by atoms with Gasteiger partial charge >= 0.3 is 0 Å². The van der Waals surface area contributed by atoms with E-state index in [0.717, 1.165) is 24.7 Å². The average Bonchev–Trinajstić information content (AvgIpc) is 3.50. The van der Waals surface area contributed by atoms with Gasteiger partial charge in [-0.15, -0.1) is 10.2 Å². The summed E-state index contributed by atoms with van der Waals surface area (Å²) >= 11 is 0. The first-order chi connectivity index (χ1) is 17.8. The first kappa shape index (κ1) is 31.1. The van der Waals surface area contributed by atoms with Gasteiger partial charge in [0, 0.05) is 25.2 Å². The fraction of sp³-hybridized carbons (Fsp3) is 0.727. The summed E-state index contributed by atoms with van der Waals surface area (Å²) in [6, 6.07) is 0.673. The molecule has 0 aliphatic carbocycles. The molecule has 37 heavy (non-hydrogen) atoms. The Balaban J connectivity index is 0.000000260. The quantitative estimate of drug-likeness (QED) is 0.222. The summed E-state index contributed by atoms with van der Waals surface area (Å²) in [5.74, 6) is 1.46. The standard InChI is InChI=1S/C12H22N5OP.C10H16N5O2P/c1-10(2)17(11(3)4)19(18-8-7-13-6)16-9-14-12(5)15-16;1-10-12-9-15(13-10)18(17-6-3-11-2)14-4-7-16-8-5-14/h9-11H,7-8H2,1-5H3;9H,3-8H2,1H3. The van der Waals surface area contributed by atoms with Gasteiger partial charge in [0.1, 0.15) is 37.5 Å². The lowest BCUT2D eigenvalue weighted by atomic mass is 10.3. The van der Waals surface area contributed by atoms with Crippen molar-refractivity contribution in [2.75, 3.05) is 52.6 Å². The molecular weight excluding hydrogens is 514 g/mol. The second-order valence-electron chi connectivity index (χ2n) is 8.49. The first-order valence-corrected chi connectivity index (χ1v) is 14.5. The maximum atomic E-state index is 6.84. The monoisotopic (exact) mass is 552 g/mol. The van der Waals surface area contributed by atoms with Crippen molar-refractivity contribution in [1.82, 2.24) is 38.4 Å². The van der Waals surface area contributed by atoms with E-state index < -0.39 is 16.9 Å². The Morgan fingerprint density at radius 3 is 1.89 bits per heavy atom. The van der Waals surface area contributed by atoms with Gasteiger partial charge in [-0.1, -0.05) is 0 Å². The van der Waals surface area contributed by atoms with Crippen molar-refractivity contribution in [1.29, 1.82) is 0 Å². The molecule has 2 aromatic heterocycles. The zero-order chi connectivity index (χ0) is 27.2. The number of hydrogen-bond acceptors (Lipinski definition) is 9. The van der Waals surface area contributed by atoms with Crippen LogP contribution in [0.2, 0.25) is 0 Å². The van der Waals surface area contributed by atoms with E-state index in [1.54, 1.807) is 21.6 Å². The summed E-state index contributed by atoms with van der Waals surface area (Å²) < 4.78 is 25.1. The van der Waals surface area contributed by atoms with Crippen molar-refractivity contribution in [2.24, 2.45) is 0 Å². The predicted octanol–water partition coefficient (Wildman–Crippen LogP) is 3.65. The summed E-state index contributed by atoms with van der Waals surface area (Å²) in [6.45, 7) is 30.5. The average molecular weight is 553 g/mol. The minimum absolute atomic E-state index is 0.337. The number of ether oxygens (including phenoxy) is 1. The Morgan fingerprint density at radius 2 is 1.43 bits per heavy atom. The molecule has 0 aromatic carbocycles. The van der Waals surface area contributed by atoms with Gasteiger partial charge in [0.2, 0.25) is 30.0 Å². The predicted molar refractivity (Wildman–Crippen MR) is 143 cm³/mol. The van der Waals surface area contributed by atoms with Crippen LogP contribution in [0.5, 0.6) is 0 Å². The minimum Gasteiger partial charge on any atom is -0.379 e. The molecule has 204 valence electrons. The molecule has 2 unspecified atom stereocenters. The van der Waals surface area contributed by atoms with Crippen LogP contribution in [0.4, 0.5) is 0 Å². The molecule has 0 N–H and O–H groups in total. The molecule has 0 amide bonds. The van der Waals surface area contributed by atoms with E-state index >= 15 is 0 Å². The van der Waals surface area contributed by atoms with Crippen molar-refractivity contribution < 1.29 is 13.8 Å². The van der Waals surface area contributed by atoms with Crippen LogP contribution in [0.15, 0.2) is 12.7 Å². The summed E-state index contributed by atoms with van der Waals surface area (Å²) in [6.07, 6.45) is 3.39. The largest absolute Gasteiger partial charge is 0.379 e. The molecule has 0 saturated carbocycles. The zero-order valence-corrected chi connectivity index (χ0v) is 24.3. The molecule has 15 heteroatoms. The summed E-state index contributed by atoms with van der Waals surface area (Å²) in [5, 5.41) is 8.68. The van der Waals surface area contributed by atoms with Crippen LogP contribution < -0.4 is 0 Å². The highest BCUT2D eigenvalue weighted by Gasteiger charge is 2.29. The maximum Gasteiger partial charge on any atom is 0.241 e. The molecule has 1 fully saturated rings. The molecule has 0 bridgehead atoms. The van der Waals surface area contributed by atoms with E-state index in [-0.39, 0.29) is 0 Å². The smallest absolute Gasteiger partial charge is 0.241 e. The second kappa shape index (κ2) is 16.7. The van der Waals surface area contributed by atoms with Crippen LogP contribution in [0.3, 0.4) is 0 Å². The van der Waals surface area contributed by atoms with Gasteiger partial charge in [0.15, 0.2) is 0 Å². The van der Waals surface area contributed by atoms with Crippen LogP contribution in [0.1, 0.15) is 39.3 Å². The third-order valence-corrected chi connectivity index (χ3v) is 8.96. The molecule has 2 atom stereocenters. The van der Waals surface area contributed by atoms with Gasteiger partial charge in [-0.05, 0) is 41.5 Å². The van der Waals surface area contributed by atoms with Crippen LogP contribution in [-0.4, -0.2) is 103 Å². The van der Waals surface area contributed by atoms with E-state index in [2.05, 4.69) is 66.9 Å². The highest BCUT2D eigenvalue weighted by Crippen LogP contribution is 2.45. The van der Waals surface area contributed by atoms with Crippen molar-refractivity contribution in [3.05, 3.63) is 47.1 Å². The van der Waals surface area contributed by atoms with Crippen molar-refractivity contribution in [2.45, 2.75) is 53.6 Å². The SMILES string of the molecule is [C-]#[N+]CCOP(N(C(C)C)C(C)C)n1cnc(C)n1.[C-]#[N+]CCOP(N1CCOCC1)n1cnc(C)n1. The van der Waals surface area contributed by atoms with Crippen molar-refractivity contribution in [3.63, 3.8) is 0 Å². The molecule has 1 aliphatic rings. The maximum absolute atomic E-state index is 6.84. The van der Waals surface area contributed by atoms with Crippen LogP contribution in [-0.2, 0) is 13.8 Å². The lowest BCUT2D eigenvalue weighted by Crippen LogP contribution is -2.35. The van der Waals surface area contributed by atoms with E-state index in [1.807, 2.05) is 13.8 Å². The van der Waals surface area contributed by atoms with Gasteiger partial charge < -0.3 is 23.5 Å². The molecule has 13 nitrogen and oxygen atoms in total. The Labute approximate surface area is 222 Å². The van der Waals surface area contributed by atoms with E-state index in [4.69, 9.17) is 26.9 Å². The topological polar surface area (TPSA) is 104 Å². The summed E-state index contributed by atoms with van der Waals surface area (Å²) in [5.41, 5.74) is 0. The minimum atomic E-state index is -1.06. The number of aromatic nitrogens is 6. The molecule has 0 spiro atoms.